The number of carbonyl (C=O) groups is 1. The Labute approximate surface area is 119 Å². The van der Waals surface area contributed by atoms with Crippen LogP contribution in [0, 0.1) is 0 Å². The molecule has 21 heavy (non-hydrogen) atoms. The van der Waals surface area contributed by atoms with Crippen LogP contribution in [0.4, 0.5) is 13.2 Å². The summed E-state index contributed by atoms with van der Waals surface area (Å²) < 4.78 is 61.6. The van der Waals surface area contributed by atoms with Gasteiger partial charge in [0.2, 0.25) is 0 Å². The lowest BCUT2D eigenvalue weighted by Crippen LogP contribution is -2.49. The molecule has 1 aromatic carbocycles. The van der Waals surface area contributed by atoms with Crippen LogP contribution in [0.5, 0.6) is 0 Å². The molecule has 3 N–H and O–H groups in total. The molecule has 0 aliphatic carbocycles. The number of alkyl halides is 3. The average molecular weight is 326 g/mol. The number of nitrogens with one attached hydrogen (secondary N) is 2. The lowest BCUT2D eigenvalue weighted by atomic mass is 10.1. The molecule has 1 atom stereocenters. The van der Waals surface area contributed by atoms with Crippen molar-refractivity contribution in [3.8, 4) is 0 Å². The van der Waals surface area contributed by atoms with Gasteiger partial charge in [-0.3, -0.25) is 4.79 Å². The molecule has 1 aromatic rings. The maximum atomic E-state index is 12.0. The molecule has 6 nitrogen and oxygen atoms in total. The summed E-state index contributed by atoms with van der Waals surface area (Å²) in [4.78, 5) is 11.0. The largest absolute Gasteiger partial charge is 0.480 e. The van der Waals surface area contributed by atoms with E-state index in [2.05, 4.69) is 0 Å². The van der Waals surface area contributed by atoms with Crippen molar-refractivity contribution in [1.29, 1.82) is 0 Å². The molecular weight excluding hydrogens is 313 g/mol. The van der Waals surface area contributed by atoms with Crippen LogP contribution in [-0.4, -0.2) is 38.3 Å². The van der Waals surface area contributed by atoms with E-state index in [-0.39, 0.29) is 6.42 Å². The van der Waals surface area contributed by atoms with Gasteiger partial charge in [0, 0.05) is 0 Å². The van der Waals surface area contributed by atoms with Gasteiger partial charge in [-0.25, -0.2) is 0 Å². The minimum Gasteiger partial charge on any atom is -0.480 e. The molecule has 1 rings (SSSR count). The fourth-order valence-electron chi connectivity index (χ4n) is 1.43. The predicted molar refractivity (Wildman–Crippen MR) is 67.7 cm³/mol. The van der Waals surface area contributed by atoms with Crippen LogP contribution in [-0.2, 0) is 21.4 Å². The van der Waals surface area contributed by atoms with Crippen molar-refractivity contribution >= 4 is 16.2 Å². The van der Waals surface area contributed by atoms with Gasteiger partial charge in [-0.15, -0.1) is 0 Å². The molecule has 118 valence electrons. The highest BCUT2D eigenvalue weighted by Gasteiger charge is 2.31. The van der Waals surface area contributed by atoms with Crippen molar-refractivity contribution in [2.75, 3.05) is 6.54 Å². The number of benzene rings is 1. The molecule has 0 fully saturated rings. The molecule has 0 aliphatic rings. The van der Waals surface area contributed by atoms with Gasteiger partial charge in [-0.1, -0.05) is 30.3 Å². The summed E-state index contributed by atoms with van der Waals surface area (Å²) in [5.74, 6) is -1.49. The Morgan fingerprint density at radius 3 is 2.29 bits per heavy atom. The molecule has 0 heterocycles. The molecule has 0 aromatic heterocycles. The number of carboxylic acids is 1. The third kappa shape index (κ3) is 7.06. The Kier molecular flexibility index (Phi) is 5.70. The minimum absolute atomic E-state index is 0.191. The highest BCUT2D eigenvalue weighted by Crippen LogP contribution is 2.12. The van der Waals surface area contributed by atoms with Crippen molar-refractivity contribution in [2.24, 2.45) is 0 Å². The number of carboxylic acid groups (broad SMARTS) is 1. The second-order valence-electron chi connectivity index (χ2n) is 4.14. The molecule has 0 unspecified atom stereocenters. The fourth-order valence-corrected chi connectivity index (χ4v) is 2.43. The third-order valence-corrected chi connectivity index (χ3v) is 3.46. The van der Waals surface area contributed by atoms with Gasteiger partial charge in [-0.2, -0.15) is 31.0 Å². The van der Waals surface area contributed by atoms with E-state index >= 15 is 0 Å². The van der Waals surface area contributed by atoms with Gasteiger partial charge in [0.1, 0.15) is 12.6 Å². The normalized spacial score (nSPS) is 13.9. The number of aliphatic carboxylic acids is 1. The molecule has 0 amide bonds. The zero-order valence-electron chi connectivity index (χ0n) is 10.6. The zero-order valence-corrected chi connectivity index (χ0v) is 11.4. The number of halogens is 3. The number of rotatable bonds is 7. The first kappa shape index (κ1) is 17.4. The summed E-state index contributed by atoms with van der Waals surface area (Å²) in [6.07, 6.45) is -4.92. The number of hydrogen-bond donors (Lipinski definition) is 3. The lowest BCUT2D eigenvalue weighted by molar-refractivity contribution is -0.138. The van der Waals surface area contributed by atoms with E-state index in [1.165, 1.54) is 4.72 Å². The first-order valence-electron chi connectivity index (χ1n) is 5.69. The molecule has 0 radical (unpaired) electrons. The monoisotopic (exact) mass is 326 g/mol. The van der Waals surface area contributed by atoms with Crippen LogP contribution in [0.1, 0.15) is 5.56 Å². The Bertz CT molecular complexity index is 575. The van der Waals surface area contributed by atoms with Gasteiger partial charge in [0.25, 0.3) is 10.2 Å². The molecule has 10 heteroatoms. The topological polar surface area (TPSA) is 95.5 Å². The summed E-state index contributed by atoms with van der Waals surface area (Å²) in [7, 11) is -4.58. The molecule has 0 saturated carbocycles. The van der Waals surface area contributed by atoms with Gasteiger partial charge in [0.05, 0.1) is 0 Å². The predicted octanol–water partition coefficient (Wildman–Crippen LogP) is 0.669. The van der Waals surface area contributed by atoms with Crippen LogP contribution in [0.2, 0.25) is 0 Å². The molecule has 0 aliphatic heterocycles. The Balaban J connectivity index is 2.72. The Morgan fingerprint density at radius 2 is 1.81 bits per heavy atom. The molecule has 0 spiro atoms. The van der Waals surface area contributed by atoms with Crippen molar-refractivity contribution in [1.82, 2.24) is 9.44 Å². The average Bonchev–Trinajstić information content (AvgIpc) is 2.36. The molecule has 0 saturated heterocycles. The van der Waals surface area contributed by atoms with E-state index in [0.29, 0.717) is 5.56 Å². The van der Waals surface area contributed by atoms with E-state index in [4.69, 9.17) is 5.11 Å². The van der Waals surface area contributed by atoms with E-state index in [0.717, 1.165) is 0 Å². The van der Waals surface area contributed by atoms with Crippen molar-refractivity contribution < 1.29 is 31.5 Å². The summed E-state index contributed by atoms with van der Waals surface area (Å²) in [5.41, 5.74) is 0.531. The van der Waals surface area contributed by atoms with E-state index < -0.39 is 34.9 Å². The van der Waals surface area contributed by atoms with Gasteiger partial charge < -0.3 is 5.11 Å². The van der Waals surface area contributed by atoms with E-state index in [1.54, 1.807) is 35.1 Å². The van der Waals surface area contributed by atoms with Gasteiger partial charge in [0.15, 0.2) is 0 Å². The standard InChI is InChI=1S/C11H13F3N2O4S/c12-11(13,14)7-15-21(19,20)16-9(10(17)18)6-8-4-2-1-3-5-8/h1-5,9,15-16H,6-7H2,(H,17,18)/t9-/m0/s1. The summed E-state index contributed by atoms with van der Waals surface area (Å²) >= 11 is 0. The second kappa shape index (κ2) is 6.87. The SMILES string of the molecule is O=C(O)[C@H](Cc1ccccc1)NS(=O)(=O)NCC(F)(F)F. The summed E-state index contributed by atoms with van der Waals surface area (Å²) in [6, 6.07) is 6.53. The summed E-state index contributed by atoms with van der Waals surface area (Å²) in [5, 5.41) is 8.95. The van der Waals surface area contributed by atoms with Gasteiger partial charge >= 0.3 is 12.1 Å². The maximum absolute atomic E-state index is 12.0. The fraction of sp³-hybridized carbons (Fsp3) is 0.364. The van der Waals surface area contributed by atoms with Crippen LogP contribution in [0.25, 0.3) is 0 Å². The highest BCUT2D eigenvalue weighted by molar-refractivity contribution is 7.87. The third-order valence-electron chi connectivity index (χ3n) is 2.34. The van der Waals surface area contributed by atoms with Crippen molar-refractivity contribution in [2.45, 2.75) is 18.6 Å². The Morgan fingerprint density at radius 1 is 1.24 bits per heavy atom. The van der Waals surface area contributed by atoms with Gasteiger partial charge in [-0.05, 0) is 12.0 Å². The highest BCUT2D eigenvalue weighted by atomic mass is 32.2. The molecule has 0 bridgehead atoms. The minimum atomic E-state index is -4.73. The van der Waals surface area contributed by atoms with Crippen LogP contribution in [0.3, 0.4) is 0 Å². The summed E-state index contributed by atoms with van der Waals surface area (Å²) in [6.45, 7) is -1.78. The molecular formula is C11H13F3N2O4S. The maximum Gasteiger partial charge on any atom is 0.402 e. The quantitative estimate of drug-likeness (QED) is 0.686. The number of hydrogen-bond acceptors (Lipinski definition) is 3. The van der Waals surface area contributed by atoms with Crippen molar-refractivity contribution in [3.05, 3.63) is 35.9 Å². The van der Waals surface area contributed by atoms with Crippen molar-refractivity contribution in [3.63, 3.8) is 0 Å². The Hall–Kier alpha value is -1.65. The lowest BCUT2D eigenvalue weighted by Gasteiger charge is -2.16. The van der Waals surface area contributed by atoms with E-state index in [9.17, 15) is 26.4 Å². The zero-order chi connectivity index (χ0) is 16.1. The smallest absolute Gasteiger partial charge is 0.402 e. The van der Waals surface area contributed by atoms with Crippen LogP contribution < -0.4 is 9.44 Å². The first-order chi connectivity index (χ1) is 9.59. The first-order valence-corrected chi connectivity index (χ1v) is 7.18. The van der Waals surface area contributed by atoms with E-state index in [1.807, 2.05) is 0 Å². The second-order valence-corrected chi connectivity index (χ2v) is 5.67. The van der Waals surface area contributed by atoms with Crippen LogP contribution in [0.15, 0.2) is 30.3 Å². The van der Waals surface area contributed by atoms with Crippen LogP contribution >= 0.6 is 0 Å².